The number of para-hydroxylation sites is 4. The van der Waals surface area contributed by atoms with Gasteiger partial charge in [0.1, 0.15) is 23.0 Å². The number of ether oxygens (including phenoxy) is 2. The summed E-state index contributed by atoms with van der Waals surface area (Å²) in [4.78, 5) is 0. The van der Waals surface area contributed by atoms with Crippen LogP contribution < -0.4 is 25.9 Å². The molecule has 3 heterocycles. The number of benzene rings is 6. The Hall–Kier alpha value is -5.22. The summed E-state index contributed by atoms with van der Waals surface area (Å²) in [5.41, 5.74) is 9.17. The van der Waals surface area contributed by atoms with Crippen LogP contribution in [0.25, 0.3) is 38.6 Å². The Labute approximate surface area is 231 Å². The number of hydrogen-bond donors (Lipinski definition) is 0. The molecule has 0 fully saturated rings. The molecule has 186 valence electrons. The van der Waals surface area contributed by atoms with Gasteiger partial charge in [0.15, 0.2) is 0 Å². The minimum atomic E-state index is 0.0589. The van der Waals surface area contributed by atoms with Crippen LogP contribution in [-0.2, 0) is 0 Å². The van der Waals surface area contributed by atoms with E-state index in [1.807, 2.05) is 12.1 Å². The zero-order valence-corrected chi connectivity index (χ0v) is 21.5. The fraction of sp³-hybridized carbons (Fsp3) is 0. The van der Waals surface area contributed by atoms with Crippen molar-refractivity contribution in [2.75, 3.05) is 0 Å². The van der Waals surface area contributed by atoms with Crippen LogP contribution in [0.4, 0.5) is 0 Å². The van der Waals surface area contributed by atoms with Gasteiger partial charge in [-0.05, 0) is 71.1 Å². The molecule has 0 saturated carbocycles. The summed E-state index contributed by atoms with van der Waals surface area (Å²) in [7, 11) is 0. The smallest absolute Gasteiger partial charge is 0.260 e. The second-order valence-electron chi connectivity index (χ2n) is 10.5. The van der Waals surface area contributed by atoms with Gasteiger partial charge in [-0.2, -0.15) is 0 Å². The highest BCUT2D eigenvalue weighted by Gasteiger charge is 2.40. The lowest BCUT2D eigenvalue weighted by atomic mass is 9.34. The maximum Gasteiger partial charge on any atom is 0.260 e. The maximum absolute atomic E-state index is 6.71. The fourth-order valence-corrected chi connectivity index (χ4v) is 6.61. The van der Waals surface area contributed by atoms with Crippen molar-refractivity contribution in [3.05, 3.63) is 133 Å². The lowest BCUT2D eigenvalue weighted by molar-refractivity contribution is 0.465. The van der Waals surface area contributed by atoms with E-state index in [4.69, 9.17) is 9.47 Å². The standard InChI is InChI=1S/C36H22BNO2/c1-2-10-24(11-3-1)38-30-15-7-4-12-26(30)27-22-23(18-20-31(27)38)25-19-21-34-35-36(25)40-33-17-9-6-14-29(33)37(35)28-13-5-8-16-32(28)39-34/h1-22H. The molecule has 0 radical (unpaired) electrons. The molecule has 0 bridgehead atoms. The molecule has 2 aliphatic heterocycles. The third-order valence-corrected chi connectivity index (χ3v) is 8.33. The quantitative estimate of drug-likeness (QED) is 0.230. The van der Waals surface area contributed by atoms with Crippen LogP contribution in [0.15, 0.2) is 133 Å². The second-order valence-corrected chi connectivity index (χ2v) is 10.5. The molecule has 0 aliphatic carbocycles. The van der Waals surface area contributed by atoms with Gasteiger partial charge in [-0.1, -0.05) is 78.9 Å². The highest BCUT2D eigenvalue weighted by molar-refractivity contribution is 6.98. The lowest BCUT2D eigenvalue weighted by Crippen LogP contribution is -2.57. The predicted molar refractivity (Wildman–Crippen MR) is 164 cm³/mol. The van der Waals surface area contributed by atoms with Crippen molar-refractivity contribution in [2.45, 2.75) is 0 Å². The first-order valence-corrected chi connectivity index (χ1v) is 13.6. The minimum absolute atomic E-state index is 0.0589. The van der Waals surface area contributed by atoms with E-state index in [-0.39, 0.29) is 6.71 Å². The largest absolute Gasteiger partial charge is 0.458 e. The van der Waals surface area contributed by atoms with Gasteiger partial charge >= 0.3 is 0 Å². The van der Waals surface area contributed by atoms with E-state index in [1.165, 1.54) is 32.7 Å². The molecule has 9 rings (SSSR count). The molecule has 7 aromatic rings. The molecule has 1 aromatic heterocycles. The van der Waals surface area contributed by atoms with E-state index in [2.05, 4.69) is 126 Å². The van der Waals surface area contributed by atoms with Gasteiger partial charge in [-0.3, -0.25) is 0 Å². The van der Waals surface area contributed by atoms with Gasteiger partial charge in [-0.25, -0.2) is 0 Å². The van der Waals surface area contributed by atoms with Crippen molar-refractivity contribution >= 4 is 44.9 Å². The van der Waals surface area contributed by atoms with Crippen molar-refractivity contribution in [1.29, 1.82) is 0 Å². The first kappa shape index (κ1) is 21.7. The highest BCUT2D eigenvalue weighted by atomic mass is 16.5. The van der Waals surface area contributed by atoms with Crippen molar-refractivity contribution in [2.24, 2.45) is 0 Å². The summed E-state index contributed by atoms with van der Waals surface area (Å²) >= 11 is 0. The number of aromatic nitrogens is 1. The van der Waals surface area contributed by atoms with Crippen molar-refractivity contribution in [3.8, 4) is 39.8 Å². The number of nitrogens with zero attached hydrogens (tertiary/aromatic N) is 1. The topological polar surface area (TPSA) is 23.4 Å². The molecular weight excluding hydrogens is 489 g/mol. The SMILES string of the molecule is c1ccc(-n2c3ccccc3c3cc(-c4ccc5c6c4Oc4ccccc4B6c4ccccc4O5)ccc32)cc1. The Morgan fingerprint density at radius 2 is 1.18 bits per heavy atom. The van der Waals surface area contributed by atoms with Crippen LogP contribution in [0.2, 0.25) is 0 Å². The van der Waals surface area contributed by atoms with Crippen LogP contribution in [0.3, 0.4) is 0 Å². The second kappa shape index (κ2) is 8.14. The lowest BCUT2D eigenvalue weighted by Gasteiger charge is -2.33. The van der Waals surface area contributed by atoms with E-state index in [1.54, 1.807) is 0 Å². The Balaban J connectivity index is 1.29. The third kappa shape index (κ3) is 2.96. The average molecular weight is 511 g/mol. The summed E-state index contributed by atoms with van der Waals surface area (Å²) in [6, 6.07) is 47.0. The van der Waals surface area contributed by atoms with Crippen LogP contribution in [0, 0.1) is 0 Å². The Kier molecular flexibility index (Phi) is 4.41. The average Bonchev–Trinajstić information content (AvgIpc) is 3.35. The maximum atomic E-state index is 6.71. The minimum Gasteiger partial charge on any atom is -0.458 e. The molecule has 0 unspecified atom stereocenters. The van der Waals surface area contributed by atoms with Gasteiger partial charge in [0.25, 0.3) is 6.71 Å². The van der Waals surface area contributed by atoms with Gasteiger partial charge in [-0.15, -0.1) is 0 Å². The molecule has 40 heavy (non-hydrogen) atoms. The van der Waals surface area contributed by atoms with E-state index in [0.717, 1.165) is 45.3 Å². The monoisotopic (exact) mass is 511 g/mol. The zero-order chi connectivity index (χ0) is 26.2. The molecule has 0 saturated heterocycles. The van der Waals surface area contributed by atoms with E-state index >= 15 is 0 Å². The van der Waals surface area contributed by atoms with E-state index in [0.29, 0.717) is 0 Å². The van der Waals surface area contributed by atoms with Gasteiger partial charge in [0.05, 0.1) is 11.0 Å². The summed E-state index contributed by atoms with van der Waals surface area (Å²) in [6.07, 6.45) is 0. The number of rotatable bonds is 2. The third-order valence-electron chi connectivity index (χ3n) is 8.33. The number of hydrogen-bond acceptors (Lipinski definition) is 2. The molecule has 6 aromatic carbocycles. The summed E-state index contributed by atoms with van der Waals surface area (Å²) < 4.78 is 15.5. The first-order valence-electron chi connectivity index (χ1n) is 13.6. The molecule has 0 amide bonds. The summed E-state index contributed by atoms with van der Waals surface area (Å²) in [5, 5.41) is 2.45. The van der Waals surface area contributed by atoms with Crippen molar-refractivity contribution in [1.82, 2.24) is 4.57 Å². The van der Waals surface area contributed by atoms with Crippen LogP contribution in [0.1, 0.15) is 0 Å². The molecule has 0 atom stereocenters. The number of fused-ring (bicyclic) bond motifs is 7. The molecule has 0 spiro atoms. The van der Waals surface area contributed by atoms with Crippen LogP contribution in [-0.4, -0.2) is 11.3 Å². The predicted octanol–water partition coefficient (Wildman–Crippen LogP) is 7.18. The molecule has 0 N–H and O–H groups in total. The first-order chi connectivity index (χ1) is 19.8. The summed E-state index contributed by atoms with van der Waals surface area (Å²) in [6.45, 7) is 0.0589. The highest BCUT2D eigenvalue weighted by Crippen LogP contribution is 2.42. The van der Waals surface area contributed by atoms with Crippen LogP contribution in [0.5, 0.6) is 23.0 Å². The summed E-state index contributed by atoms with van der Waals surface area (Å²) in [5.74, 6) is 3.54. The van der Waals surface area contributed by atoms with Gasteiger partial charge in [0.2, 0.25) is 0 Å². The fourth-order valence-electron chi connectivity index (χ4n) is 6.61. The van der Waals surface area contributed by atoms with E-state index < -0.39 is 0 Å². The van der Waals surface area contributed by atoms with Crippen molar-refractivity contribution in [3.63, 3.8) is 0 Å². The molecule has 4 heteroatoms. The molecular formula is C36H22BNO2. The normalized spacial score (nSPS) is 12.8. The molecule has 2 aliphatic rings. The van der Waals surface area contributed by atoms with Gasteiger partial charge < -0.3 is 14.0 Å². The zero-order valence-electron chi connectivity index (χ0n) is 21.5. The Morgan fingerprint density at radius 1 is 0.500 bits per heavy atom. The molecule has 3 nitrogen and oxygen atoms in total. The Morgan fingerprint density at radius 3 is 2.00 bits per heavy atom. The van der Waals surface area contributed by atoms with E-state index in [9.17, 15) is 0 Å². The van der Waals surface area contributed by atoms with Crippen molar-refractivity contribution < 1.29 is 9.47 Å². The van der Waals surface area contributed by atoms with Crippen LogP contribution >= 0.6 is 0 Å². The Bertz CT molecular complexity index is 2120. The van der Waals surface area contributed by atoms with Gasteiger partial charge in [0, 0.05) is 27.5 Å².